The Kier molecular flexibility index (Phi) is 33.5. The van der Waals surface area contributed by atoms with Gasteiger partial charge in [-0.3, -0.25) is 0 Å². The zero-order valence-electron chi connectivity index (χ0n) is 21.5. The Labute approximate surface area is 211 Å². The minimum atomic E-state index is 0. The van der Waals surface area contributed by atoms with Gasteiger partial charge >= 0.3 is 0 Å². The lowest BCUT2D eigenvalue weighted by Crippen LogP contribution is -1.94. The third-order valence-electron chi connectivity index (χ3n) is 6.41. The molecule has 0 saturated heterocycles. The van der Waals surface area contributed by atoms with Crippen molar-refractivity contribution >= 4 is 31.9 Å². The predicted octanol–water partition coefficient (Wildman–Crippen LogP) is 11.7. The molecule has 0 nitrogen and oxygen atoms in total. The van der Waals surface area contributed by atoms with Crippen molar-refractivity contribution < 1.29 is 0 Å². The smallest absolute Gasteiger partial charge is 0.0326 e. The van der Waals surface area contributed by atoms with Gasteiger partial charge in [-0.2, -0.15) is 0 Å². The summed E-state index contributed by atoms with van der Waals surface area (Å²) in [7, 11) is 0.393. The van der Waals surface area contributed by atoms with Crippen molar-refractivity contribution in [2.75, 3.05) is 18.5 Å². The van der Waals surface area contributed by atoms with E-state index in [4.69, 9.17) is 0 Å². The molecule has 0 aromatic rings. The average Bonchev–Trinajstić information content (AvgIpc) is 2.72. The predicted molar refractivity (Wildman–Crippen MR) is 156 cm³/mol. The molecule has 0 N–H and O–H groups in total. The van der Waals surface area contributed by atoms with E-state index in [1.807, 2.05) is 0 Å². The first-order chi connectivity index (χ1) is 14.3. The van der Waals surface area contributed by atoms with Crippen molar-refractivity contribution in [1.82, 2.24) is 0 Å². The van der Waals surface area contributed by atoms with Crippen LogP contribution in [-0.2, 0) is 0 Å². The van der Waals surface area contributed by atoms with Gasteiger partial charge in [0.15, 0.2) is 0 Å². The monoisotopic (exact) mass is 554 g/mol. The van der Waals surface area contributed by atoms with Crippen LogP contribution in [0.15, 0.2) is 0 Å². The van der Waals surface area contributed by atoms with Crippen molar-refractivity contribution in [1.29, 1.82) is 0 Å². The van der Waals surface area contributed by atoms with Gasteiger partial charge in [0.2, 0.25) is 0 Å². The zero-order chi connectivity index (χ0) is 21.3. The van der Waals surface area contributed by atoms with Crippen LogP contribution in [0.1, 0.15) is 162 Å². The number of hydrogen-bond donors (Lipinski definition) is 0. The molecule has 0 bridgehead atoms. The van der Waals surface area contributed by atoms with Gasteiger partial charge in [0, 0.05) is 0 Å². The van der Waals surface area contributed by atoms with Crippen LogP contribution in [0, 0.1) is 0 Å². The van der Waals surface area contributed by atoms with E-state index in [2.05, 4.69) is 20.8 Å². The molecule has 0 fully saturated rings. The molecule has 0 aromatic carbocycles. The molecule has 0 amide bonds. The van der Waals surface area contributed by atoms with Crippen molar-refractivity contribution in [3.8, 4) is 0 Å². The van der Waals surface area contributed by atoms with Crippen molar-refractivity contribution in [2.24, 2.45) is 0 Å². The Morgan fingerprint density at radius 1 is 0.300 bits per heavy atom. The molecule has 0 unspecified atom stereocenters. The van der Waals surface area contributed by atoms with Crippen LogP contribution in [-0.4, -0.2) is 18.5 Å². The van der Waals surface area contributed by atoms with Gasteiger partial charge in [-0.1, -0.05) is 156 Å². The first kappa shape index (κ1) is 33.3. The van der Waals surface area contributed by atoms with E-state index < -0.39 is 0 Å². The molecule has 0 aliphatic heterocycles. The van der Waals surface area contributed by atoms with E-state index in [9.17, 15) is 0 Å². The Balaban J connectivity index is 0. The number of rotatable bonds is 25. The molecule has 0 radical (unpaired) electrons. The van der Waals surface area contributed by atoms with E-state index in [1.54, 1.807) is 6.16 Å². The minimum Gasteiger partial charge on any atom is -0.107 e. The summed E-state index contributed by atoms with van der Waals surface area (Å²) < 4.78 is 0. The SMILES string of the molecule is CCCCCCCCCCCCCCCCCCCCCCP(CCC)CCC.I. The zero-order valence-corrected chi connectivity index (χ0v) is 24.8. The van der Waals surface area contributed by atoms with Gasteiger partial charge < -0.3 is 0 Å². The second kappa shape index (κ2) is 30.2. The van der Waals surface area contributed by atoms with E-state index in [0.29, 0.717) is 7.92 Å². The summed E-state index contributed by atoms with van der Waals surface area (Å²) in [5.41, 5.74) is 0. The highest BCUT2D eigenvalue weighted by Crippen LogP contribution is 2.38. The summed E-state index contributed by atoms with van der Waals surface area (Å²) in [5.74, 6) is 0. The highest BCUT2D eigenvalue weighted by atomic mass is 127. The second-order valence-electron chi connectivity index (χ2n) is 9.56. The van der Waals surface area contributed by atoms with Crippen LogP contribution in [0.5, 0.6) is 0 Å². The lowest BCUT2D eigenvalue weighted by molar-refractivity contribution is 0.523. The van der Waals surface area contributed by atoms with Crippen LogP contribution >= 0.6 is 31.9 Å². The first-order valence-electron chi connectivity index (χ1n) is 14.1. The quantitative estimate of drug-likeness (QED) is 0.0598. The Morgan fingerprint density at radius 2 is 0.567 bits per heavy atom. The fourth-order valence-corrected chi connectivity index (χ4v) is 7.17. The van der Waals surface area contributed by atoms with Crippen LogP contribution < -0.4 is 0 Å². The number of hydrogen-bond acceptors (Lipinski definition) is 0. The Bertz CT molecular complexity index is 276. The molecule has 0 aliphatic carbocycles. The van der Waals surface area contributed by atoms with Crippen LogP contribution in [0.4, 0.5) is 0 Å². The Morgan fingerprint density at radius 3 is 0.833 bits per heavy atom. The largest absolute Gasteiger partial charge is 0.107 e. The Hall–Kier alpha value is 1.16. The molecule has 0 aromatic heterocycles. The van der Waals surface area contributed by atoms with Crippen molar-refractivity contribution in [3.05, 3.63) is 0 Å². The summed E-state index contributed by atoms with van der Waals surface area (Å²) >= 11 is 0. The summed E-state index contributed by atoms with van der Waals surface area (Å²) in [5, 5.41) is 0. The average molecular weight is 555 g/mol. The maximum absolute atomic E-state index is 2.36. The van der Waals surface area contributed by atoms with Gasteiger partial charge in [-0.15, -0.1) is 31.9 Å². The van der Waals surface area contributed by atoms with Gasteiger partial charge in [0.1, 0.15) is 0 Å². The van der Waals surface area contributed by atoms with Crippen LogP contribution in [0.3, 0.4) is 0 Å². The molecule has 30 heavy (non-hydrogen) atoms. The molecule has 0 rings (SSSR count). The van der Waals surface area contributed by atoms with Crippen molar-refractivity contribution in [3.63, 3.8) is 0 Å². The van der Waals surface area contributed by atoms with Gasteiger partial charge in [-0.05, 0) is 24.9 Å². The summed E-state index contributed by atoms with van der Waals surface area (Å²) in [6, 6.07) is 0. The van der Waals surface area contributed by atoms with E-state index >= 15 is 0 Å². The highest BCUT2D eigenvalue weighted by molar-refractivity contribution is 14.0. The molecule has 0 aliphatic rings. The fraction of sp³-hybridized carbons (Fsp3) is 1.00. The number of unbranched alkanes of at least 4 members (excludes halogenated alkanes) is 19. The highest BCUT2D eigenvalue weighted by Gasteiger charge is 2.04. The number of halogens is 1. The third-order valence-corrected chi connectivity index (χ3v) is 9.52. The van der Waals surface area contributed by atoms with Gasteiger partial charge in [-0.25, -0.2) is 0 Å². The summed E-state index contributed by atoms with van der Waals surface area (Å²) in [6.07, 6.45) is 37.1. The third kappa shape index (κ3) is 27.2. The summed E-state index contributed by atoms with van der Waals surface area (Å²) in [4.78, 5) is 0. The molecule has 2 heteroatoms. The molecule has 0 spiro atoms. The first-order valence-corrected chi connectivity index (χ1v) is 16.0. The minimum absolute atomic E-state index is 0. The normalized spacial score (nSPS) is 11.2. The second-order valence-corrected chi connectivity index (χ2v) is 12.2. The molecule has 0 atom stereocenters. The molecule has 0 saturated carbocycles. The van der Waals surface area contributed by atoms with Gasteiger partial charge in [0.25, 0.3) is 0 Å². The lowest BCUT2D eigenvalue weighted by atomic mass is 10.0. The lowest BCUT2D eigenvalue weighted by Gasteiger charge is -2.15. The topological polar surface area (TPSA) is 0 Å². The molecule has 184 valence electrons. The molecular weight excluding hydrogens is 494 g/mol. The van der Waals surface area contributed by atoms with Crippen LogP contribution in [0.2, 0.25) is 0 Å². The van der Waals surface area contributed by atoms with E-state index in [1.165, 1.54) is 154 Å². The molecule has 0 heterocycles. The standard InChI is InChI=1S/C28H59P.HI/c1-4-7-8-9-10-11-12-13-14-15-16-17-18-19-20-21-22-23-24-25-28-29(26-5-2)27-6-3;/h4-28H2,1-3H3;1H. The van der Waals surface area contributed by atoms with E-state index in [-0.39, 0.29) is 24.0 Å². The van der Waals surface area contributed by atoms with Gasteiger partial charge in [0.05, 0.1) is 0 Å². The maximum Gasteiger partial charge on any atom is -0.0326 e. The van der Waals surface area contributed by atoms with Crippen LogP contribution in [0.25, 0.3) is 0 Å². The summed E-state index contributed by atoms with van der Waals surface area (Å²) in [6.45, 7) is 7.03. The van der Waals surface area contributed by atoms with Crippen molar-refractivity contribution in [2.45, 2.75) is 162 Å². The van der Waals surface area contributed by atoms with E-state index in [0.717, 1.165) is 0 Å². The molecular formula is C28H60IP. The maximum atomic E-state index is 2.36. The fourth-order valence-electron chi connectivity index (χ4n) is 4.56.